The number of ether oxygens (including phenoxy) is 2. The van der Waals surface area contributed by atoms with Gasteiger partial charge in [0.25, 0.3) is 0 Å². The van der Waals surface area contributed by atoms with Crippen LogP contribution in [-0.2, 0) is 29.2 Å². The fourth-order valence-corrected chi connectivity index (χ4v) is 6.00. The Morgan fingerprint density at radius 3 is 2.31 bits per heavy atom. The molecule has 0 spiro atoms. The van der Waals surface area contributed by atoms with Crippen LogP contribution in [-0.4, -0.2) is 38.2 Å². The second-order valence-corrected chi connectivity index (χ2v) is 11.8. The molecule has 1 aliphatic heterocycles. The van der Waals surface area contributed by atoms with Crippen LogP contribution in [0.1, 0.15) is 46.6 Å². The Hall–Kier alpha value is -4.48. The van der Waals surface area contributed by atoms with Crippen molar-refractivity contribution in [2.24, 2.45) is 0 Å². The molecular weight excluding hydrogens is 586 g/mol. The van der Waals surface area contributed by atoms with E-state index in [1.165, 1.54) is 6.33 Å². The van der Waals surface area contributed by atoms with Crippen LogP contribution in [0.4, 0.5) is 4.79 Å². The minimum Gasteiger partial charge on any atom is -0.392 e. The quantitative estimate of drug-likeness (QED) is 0.128. The molecule has 1 aliphatic rings. The smallest absolute Gasteiger partial charge is 0.315 e. The summed E-state index contributed by atoms with van der Waals surface area (Å²) < 4.78 is 13.1. The molecular formula is C35H35N5O4S. The highest BCUT2D eigenvalue weighted by Crippen LogP contribution is 2.40. The van der Waals surface area contributed by atoms with E-state index in [4.69, 9.17) is 9.47 Å². The first-order chi connectivity index (χ1) is 22.1. The predicted octanol–water partition coefficient (Wildman–Crippen LogP) is 6.30. The van der Waals surface area contributed by atoms with Crippen molar-refractivity contribution in [3.63, 3.8) is 0 Å². The number of hydrogen-bond acceptors (Lipinski definition) is 7. The standard InChI is InChI=1S/C35H35N5O4S/c41-21-25-12-14-27(15-13-25)32-18-31(22-45-35-38-23-39-40-35)43-33(44-32)30-11-5-10-29(17-30)28-9-4-8-26(16-28)20-37-34(42)36-19-24-6-2-1-3-7-24/h1-17,23,31-33,41H,18-22H2,(H2,36,37,42)(H,38,39,40). The molecule has 45 heavy (non-hydrogen) atoms. The van der Waals surface area contributed by atoms with E-state index in [0.717, 1.165) is 44.1 Å². The zero-order valence-corrected chi connectivity index (χ0v) is 25.5. The first-order valence-electron chi connectivity index (χ1n) is 14.9. The number of urea groups is 1. The third-order valence-corrected chi connectivity index (χ3v) is 8.59. The molecule has 0 bridgehead atoms. The molecule has 2 amide bonds. The number of aromatic nitrogens is 3. The third kappa shape index (κ3) is 8.37. The van der Waals surface area contributed by atoms with E-state index >= 15 is 0 Å². The summed E-state index contributed by atoms with van der Waals surface area (Å²) >= 11 is 1.57. The number of rotatable bonds is 11. The normalized spacial score (nSPS) is 17.9. The summed E-state index contributed by atoms with van der Waals surface area (Å²) in [5.74, 6) is 0.688. The van der Waals surface area contributed by atoms with Gasteiger partial charge < -0.3 is 25.2 Å². The summed E-state index contributed by atoms with van der Waals surface area (Å²) in [5, 5.41) is 22.9. The van der Waals surface area contributed by atoms with Gasteiger partial charge in [0.2, 0.25) is 0 Å². The fraction of sp³-hybridized carbons (Fsp3) is 0.229. The summed E-state index contributed by atoms with van der Waals surface area (Å²) in [4.78, 5) is 16.6. The van der Waals surface area contributed by atoms with Gasteiger partial charge in [0.1, 0.15) is 6.33 Å². The molecule has 1 aromatic heterocycles. The van der Waals surface area contributed by atoms with Gasteiger partial charge in [-0.05, 0) is 45.5 Å². The number of amides is 2. The molecule has 0 radical (unpaired) electrons. The maximum atomic E-state index is 12.4. The Balaban J connectivity index is 1.14. The van der Waals surface area contributed by atoms with Crippen molar-refractivity contribution in [2.75, 3.05) is 5.75 Å². The van der Waals surface area contributed by atoms with E-state index in [0.29, 0.717) is 25.3 Å². The van der Waals surface area contributed by atoms with E-state index in [-0.39, 0.29) is 24.8 Å². The van der Waals surface area contributed by atoms with Crippen LogP contribution in [0.15, 0.2) is 115 Å². The van der Waals surface area contributed by atoms with Crippen LogP contribution < -0.4 is 10.6 Å². The molecule has 3 unspecified atom stereocenters. The van der Waals surface area contributed by atoms with Gasteiger partial charge in [0, 0.05) is 30.8 Å². The van der Waals surface area contributed by atoms with Crippen molar-refractivity contribution in [3.05, 3.63) is 137 Å². The highest BCUT2D eigenvalue weighted by atomic mass is 32.2. The second-order valence-electron chi connectivity index (χ2n) is 10.8. The summed E-state index contributed by atoms with van der Waals surface area (Å²) in [5.41, 5.74) is 6.92. The molecule has 10 heteroatoms. The van der Waals surface area contributed by atoms with Crippen molar-refractivity contribution in [1.29, 1.82) is 0 Å². The lowest BCUT2D eigenvalue weighted by atomic mass is 9.99. The van der Waals surface area contributed by atoms with Crippen molar-refractivity contribution >= 4 is 17.8 Å². The molecule has 9 nitrogen and oxygen atoms in total. The van der Waals surface area contributed by atoms with Gasteiger partial charge in [0.15, 0.2) is 11.4 Å². The molecule has 0 aliphatic carbocycles. The van der Waals surface area contributed by atoms with E-state index in [2.05, 4.69) is 50.1 Å². The Bertz CT molecular complexity index is 1670. The van der Waals surface area contributed by atoms with E-state index in [9.17, 15) is 9.90 Å². The summed E-state index contributed by atoms with van der Waals surface area (Å²) in [7, 11) is 0. The van der Waals surface area contributed by atoms with E-state index < -0.39 is 6.29 Å². The lowest BCUT2D eigenvalue weighted by Crippen LogP contribution is -2.34. The van der Waals surface area contributed by atoms with Crippen molar-refractivity contribution in [3.8, 4) is 11.1 Å². The summed E-state index contributed by atoms with van der Waals surface area (Å²) in [6.45, 7) is 0.878. The number of H-pyrrole nitrogens is 1. The number of aliphatic hydroxyl groups excluding tert-OH is 1. The molecule has 0 saturated carbocycles. The Kier molecular flexibility index (Phi) is 10.2. The molecule has 230 valence electrons. The molecule has 3 atom stereocenters. The largest absolute Gasteiger partial charge is 0.392 e. The molecule has 5 aromatic rings. The van der Waals surface area contributed by atoms with Crippen LogP contribution in [0.2, 0.25) is 0 Å². The zero-order chi connectivity index (χ0) is 30.8. The molecule has 1 fully saturated rings. The van der Waals surface area contributed by atoms with Crippen LogP contribution in [0, 0.1) is 0 Å². The van der Waals surface area contributed by atoms with Crippen LogP contribution in [0.5, 0.6) is 0 Å². The summed E-state index contributed by atoms with van der Waals surface area (Å²) in [6, 6.07) is 33.8. The van der Waals surface area contributed by atoms with E-state index in [1.807, 2.05) is 78.9 Å². The van der Waals surface area contributed by atoms with Gasteiger partial charge in [-0.25, -0.2) is 9.78 Å². The minimum absolute atomic E-state index is 0.000498. The molecule has 4 aromatic carbocycles. The lowest BCUT2D eigenvalue weighted by molar-refractivity contribution is -0.245. The zero-order valence-electron chi connectivity index (χ0n) is 24.6. The van der Waals surface area contributed by atoms with Gasteiger partial charge in [-0.3, -0.25) is 5.10 Å². The molecule has 2 heterocycles. The number of aromatic amines is 1. The molecule has 1 saturated heterocycles. The highest BCUT2D eigenvalue weighted by Gasteiger charge is 2.32. The number of benzene rings is 4. The van der Waals surface area contributed by atoms with Gasteiger partial charge in [-0.1, -0.05) is 103 Å². The minimum atomic E-state index is -0.570. The van der Waals surface area contributed by atoms with Crippen molar-refractivity contribution in [1.82, 2.24) is 25.8 Å². The first kappa shape index (κ1) is 30.5. The highest BCUT2D eigenvalue weighted by molar-refractivity contribution is 7.99. The van der Waals surface area contributed by atoms with Gasteiger partial charge >= 0.3 is 6.03 Å². The average molecular weight is 622 g/mol. The first-order valence-corrected chi connectivity index (χ1v) is 15.8. The monoisotopic (exact) mass is 621 g/mol. The van der Waals surface area contributed by atoms with Crippen LogP contribution in [0.3, 0.4) is 0 Å². The van der Waals surface area contributed by atoms with Gasteiger partial charge in [-0.15, -0.1) is 0 Å². The van der Waals surface area contributed by atoms with Crippen molar-refractivity contribution in [2.45, 2.75) is 49.8 Å². The maximum absolute atomic E-state index is 12.4. The summed E-state index contributed by atoms with van der Waals surface area (Å²) in [6.07, 6.45) is 1.35. The number of nitrogens with one attached hydrogen (secondary N) is 3. The third-order valence-electron chi connectivity index (χ3n) is 7.58. The number of thioether (sulfide) groups is 1. The van der Waals surface area contributed by atoms with E-state index in [1.54, 1.807) is 11.8 Å². The second kappa shape index (κ2) is 15.0. The maximum Gasteiger partial charge on any atom is 0.315 e. The number of hydrogen-bond donors (Lipinski definition) is 4. The average Bonchev–Trinajstić information content (AvgIpc) is 3.63. The van der Waals surface area contributed by atoms with Crippen molar-refractivity contribution < 1.29 is 19.4 Å². The molecule has 6 rings (SSSR count). The predicted molar refractivity (Wildman–Crippen MR) is 173 cm³/mol. The Morgan fingerprint density at radius 1 is 0.822 bits per heavy atom. The lowest BCUT2D eigenvalue weighted by Gasteiger charge is -2.36. The Labute approximate surface area is 266 Å². The SMILES string of the molecule is O=C(NCc1ccccc1)NCc1cccc(-c2cccc(C3OC(CSc4ncn[nH]4)CC(c4ccc(CO)cc4)O3)c2)c1. The van der Waals surface area contributed by atoms with Gasteiger partial charge in [0.05, 0.1) is 18.8 Å². The number of carbonyl (C=O) groups is 1. The Morgan fingerprint density at radius 2 is 1.56 bits per heavy atom. The number of carbonyl (C=O) groups excluding carboxylic acids is 1. The number of nitrogens with zero attached hydrogens (tertiary/aromatic N) is 2. The van der Waals surface area contributed by atoms with Gasteiger partial charge in [-0.2, -0.15) is 5.10 Å². The topological polar surface area (TPSA) is 121 Å². The fourth-order valence-electron chi connectivity index (χ4n) is 5.21. The number of aliphatic hydroxyl groups is 1. The van der Waals surface area contributed by atoms with Crippen LogP contribution >= 0.6 is 11.8 Å². The van der Waals surface area contributed by atoms with Crippen LogP contribution in [0.25, 0.3) is 11.1 Å². The molecule has 4 N–H and O–H groups in total.